The lowest BCUT2D eigenvalue weighted by Crippen LogP contribution is -2.29. The van der Waals surface area contributed by atoms with Crippen LogP contribution in [0, 0.1) is 0 Å². The normalized spacial score (nSPS) is 9.96. The van der Waals surface area contributed by atoms with Crippen molar-refractivity contribution in [2.75, 3.05) is 11.9 Å². The number of amides is 2. The average molecular weight is 363 g/mol. The van der Waals surface area contributed by atoms with Gasteiger partial charge in [0.2, 0.25) is 0 Å². The van der Waals surface area contributed by atoms with Crippen molar-refractivity contribution in [1.29, 1.82) is 0 Å². The smallest absolute Gasteiger partial charge is 0.412 e. The molecule has 2 aromatic carbocycles. The summed E-state index contributed by atoms with van der Waals surface area (Å²) < 4.78 is 5.08. The number of halogens is 1. The number of carboxylic acids is 1. The molecule has 2 rings (SSSR count). The fourth-order valence-corrected chi connectivity index (χ4v) is 2.11. The van der Waals surface area contributed by atoms with Gasteiger partial charge in [0.1, 0.15) is 13.2 Å². The quantitative estimate of drug-likeness (QED) is 0.732. The highest BCUT2D eigenvalue weighted by molar-refractivity contribution is 6.34. The van der Waals surface area contributed by atoms with Crippen LogP contribution >= 0.6 is 11.6 Å². The Morgan fingerprint density at radius 2 is 1.80 bits per heavy atom. The molecule has 0 atom stereocenters. The fourth-order valence-electron chi connectivity index (χ4n) is 1.88. The highest BCUT2D eigenvalue weighted by Crippen LogP contribution is 2.23. The summed E-state index contributed by atoms with van der Waals surface area (Å²) in [6, 6.07) is 13.3. The van der Waals surface area contributed by atoms with Gasteiger partial charge in [-0.3, -0.25) is 14.9 Å². The van der Waals surface area contributed by atoms with Crippen LogP contribution in [0.2, 0.25) is 5.02 Å². The monoisotopic (exact) mass is 362 g/mol. The maximum atomic E-state index is 11.8. The Kier molecular flexibility index (Phi) is 6.36. The van der Waals surface area contributed by atoms with Crippen molar-refractivity contribution in [3.8, 4) is 0 Å². The second-order valence-electron chi connectivity index (χ2n) is 4.96. The number of hydrogen-bond acceptors (Lipinski definition) is 4. The van der Waals surface area contributed by atoms with Crippen LogP contribution in [-0.2, 0) is 16.1 Å². The van der Waals surface area contributed by atoms with Crippen LogP contribution in [0.5, 0.6) is 0 Å². The third-order valence-electron chi connectivity index (χ3n) is 3.08. The molecule has 3 N–H and O–H groups in total. The van der Waals surface area contributed by atoms with Crippen molar-refractivity contribution < 1.29 is 24.2 Å². The van der Waals surface area contributed by atoms with E-state index in [1.54, 1.807) is 0 Å². The largest absolute Gasteiger partial charge is 0.480 e. The van der Waals surface area contributed by atoms with Crippen molar-refractivity contribution in [2.45, 2.75) is 6.61 Å². The molecule has 0 radical (unpaired) electrons. The number of carbonyl (C=O) groups is 3. The Hall–Kier alpha value is -3.06. The third-order valence-corrected chi connectivity index (χ3v) is 3.39. The molecule has 0 spiro atoms. The molecule has 0 heterocycles. The molecular weight excluding hydrogens is 348 g/mol. The minimum atomic E-state index is -1.15. The highest BCUT2D eigenvalue weighted by atomic mass is 35.5. The van der Waals surface area contributed by atoms with Gasteiger partial charge in [-0.1, -0.05) is 41.9 Å². The zero-order chi connectivity index (χ0) is 18.2. The zero-order valence-corrected chi connectivity index (χ0v) is 13.7. The van der Waals surface area contributed by atoms with Gasteiger partial charge in [-0.2, -0.15) is 0 Å². The molecule has 8 heteroatoms. The summed E-state index contributed by atoms with van der Waals surface area (Å²) >= 11 is 6.03. The van der Waals surface area contributed by atoms with Crippen LogP contribution in [0.3, 0.4) is 0 Å². The van der Waals surface area contributed by atoms with Gasteiger partial charge < -0.3 is 15.2 Å². The maximum Gasteiger partial charge on any atom is 0.412 e. The zero-order valence-electron chi connectivity index (χ0n) is 13.0. The molecule has 0 saturated heterocycles. The van der Waals surface area contributed by atoms with E-state index in [9.17, 15) is 14.4 Å². The van der Waals surface area contributed by atoms with E-state index in [0.717, 1.165) is 5.56 Å². The Balaban J connectivity index is 1.92. The summed E-state index contributed by atoms with van der Waals surface area (Å²) in [5.41, 5.74) is 1.29. The lowest BCUT2D eigenvalue weighted by molar-refractivity contribution is -0.135. The number of aliphatic carboxylic acids is 1. The molecule has 0 aliphatic rings. The maximum absolute atomic E-state index is 11.8. The number of hydrogen-bond donors (Lipinski definition) is 3. The summed E-state index contributed by atoms with van der Waals surface area (Å²) in [6.45, 7) is -0.387. The van der Waals surface area contributed by atoms with Crippen LogP contribution in [0.1, 0.15) is 15.9 Å². The van der Waals surface area contributed by atoms with Crippen molar-refractivity contribution in [2.24, 2.45) is 0 Å². The molecule has 0 bridgehead atoms. The second-order valence-corrected chi connectivity index (χ2v) is 5.36. The topological polar surface area (TPSA) is 105 Å². The van der Waals surface area contributed by atoms with Crippen LogP contribution in [0.25, 0.3) is 0 Å². The summed E-state index contributed by atoms with van der Waals surface area (Å²) in [4.78, 5) is 34.0. The second kappa shape index (κ2) is 8.70. The summed E-state index contributed by atoms with van der Waals surface area (Å²) in [7, 11) is 0. The molecule has 2 amide bonds. The predicted molar refractivity (Wildman–Crippen MR) is 91.7 cm³/mol. The van der Waals surface area contributed by atoms with E-state index >= 15 is 0 Å². The van der Waals surface area contributed by atoms with Gasteiger partial charge in [0.05, 0.1) is 10.7 Å². The summed E-state index contributed by atoms with van der Waals surface area (Å²) in [5, 5.41) is 13.4. The van der Waals surface area contributed by atoms with E-state index in [1.165, 1.54) is 18.2 Å². The standard InChI is InChI=1S/C17H15ClN2O5/c18-13-8-12(16(23)19-9-15(21)22)6-7-14(13)20-17(24)25-10-11-4-2-1-3-5-11/h1-8H,9-10H2,(H,19,23)(H,20,24)(H,21,22). The van der Waals surface area contributed by atoms with Crippen molar-refractivity contribution in [3.05, 3.63) is 64.7 Å². The number of carboxylic acid groups (broad SMARTS) is 1. The number of ether oxygens (including phenoxy) is 1. The number of benzene rings is 2. The van der Waals surface area contributed by atoms with E-state index in [1.807, 2.05) is 30.3 Å². The molecule has 2 aromatic rings. The van der Waals surface area contributed by atoms with Crippen LogP contribution < -0.4 is 10.6 Å². The van der Waals surface area contributed by atoms with Gasteiger partial charge >= 0.3 is 12.1 Å². The van der Waals surface area contributed by atoms with Gasteiger partial charge in [-0.25, -0.2) is 4.79 Å². The van der Waals surface area contributed by atoms with Gasteiger partial charge in [-0.05, 0) is 23.8 Å². The number of carbonyl (C=O) groups excluding carboxylic acids is 2. The Bertz CT molecular complexity index is 780. The van der Waals surface area contributed by atoms with Crippen LogP contribution in [0.15, 0.2) is 48.5 Å². The molecule has 0 unspecified atom stereocenters. The van der Waals surface area contributed by atoms with Gasteiger partial charge in [0.15, 0.2) is 0 Å². The van der Waals surface area contributed by atoms with Gasteiger partial charge in [0, 0.05) is 5.56 Å². The van der Waals surface area contributed by atoms with E-state index in [2.05, 4.69) is 10.6 Å². The first kappa shape index (κ1) is 18.3. The Morgan fingerprint density at radius 3 is 2.44 bits per heavy atom. The summed E-state index contributed by atoms with van der Waals surface area (Å²) in [5.74, 6) is -1.73. The number of nitrogens with one attached hydrogen (secondary N) is 2. The molecule has 0 fully saturated rings. The van der Waals surface area contributed by atoms with E-state index in [-0.39, 0.29) is 22.9 Å². The first-order valence-electron chi connectivity index (χ1n) is 7.23. The number of rotatable bonds is 6. The van der Waals surface area contributed by atoms with Gasteiger partial charge in [0.25, 0.3) is 5.91 Å². The lowest BCUT2D eigenvalue weighted by atomic mass is 10.2. The van der Waals surface area contributed by atoms with Crippen LogP contribution in [0.4, 0.5) is 10.5 Å². The van der Waals surface area contributed by atoms with Crippen molar-refractivity contribution in [1.82, 2.24) is 5.32 Å². The van der Waals surface area contributed by atoms with E-state index < -0.39 is 24.5 Å². The van der Waals surface area contributed by atoms with E-state index in [0.29, 0.717) is 0 Å². The number of anilines is 1. The third kappa shape index (κ3) is 5.82. The first-order valence-corrected chi connectivity index (χ1v) is 7.61. The molecule has 7 nitrogen and oxygen atoms in total. The minimum Gasteiger partial charge on any atom is -0.480 e. The SMILES string of the molecule is O=C(O)CNC(=O)c1ccc(NC(=O)OCc2ccccc2)c(Cl)c1. The fraction of sp³-hybridized carbons (Fsp3) is 0.118. The van der Waals surface area contributed by atoms with Crippen LogP contribution in [-0.4, -0.2) is 29.6 Å². The average Bonchev–Trinajstić information content (AvgIpc) is 2.60. The highest BCUT2D eigenvalue weighted by Gasteiger charge is 2.12. The summed E-state index contributed by atoms with van der Waals surface area (Å²) in [6.07, 6.45) is -0.686. The molecule has 0 aliphatic heterocycles. The van der Waals surface area contributed by atoms with E-state index in [4.69, 9.17) is 21.4 Å². The van der Waals surface area contributed by atoms with Crippen molar-refractivity contribution in [3.63, 3.8) is 0 Å². The predicted octanol–water partition coefficient (Wildman–Crippen LogP) is 2.90. The Morgan fingerprint density at radius 1 is 1.08 bits per heavy atom. The Labute approximate surface area is 148 Å². The molecule has 0 aromatic heterocycles. The molecule has 0 saturated carbocycles. The molecule has 0 aliphatic carbocycles. The van der Waals surface area contributed by atoms with Crippen molar-refractivity contribution >= 4 is 35.3 Å². The van der Waals surface area contributed by atoms with Gasteiger partial charge in [-0.15, -0.1) is 0 Å². The first-order chi connectivity index (χ1) is 12.0. The molecule has 25 heavy (non-hydrogen) atoms. The molecule has 130 valence electrons. The lowest BCUT2D eigenvalue weighted by Gasteiger charge is -2.10. The minimum absolute atomic E-state index is 0.111. The molecular formula is C17H15ClN2O5.